The molecule has 2 heterocycles. The molecule has 0 bridgehead atoms. The third-order valence-corrected chi connectivity index (χ3v) is 3.13. The molecule has 0 N–H and O–H groups in total. The highest BCUT2D eigenvalue weighted by atomic mass is 35.5. The van der Waals surface area contributed by atoms with Crippen LogP contribution in [-0.2, 0) is 10.6 Å². The summed E-state index contributed by atoms with van der Waals surface area (Å²) in [5.41, 5.74) is 3.40. The lowest BCUT2D eigenvalue weighted by Gasteiger charge is -2.10. The first-order valence-corrected chi connectivity index (χ1v) is 5.45. The molecule has 1 atom stereocenters. The Morgan fingerprint density at radius 2 is 2.36 bits per heavy atom. The van der Waals surface area contributed by atoms with Gasteiger partial charge in [-0.3, -0.25) is 4.68 Å². The lowest BCUT2D eigenvalue weighted by atomic mass is 10.2. The fourth-order valence-electron chi connectivity index (χ4n) is 1.96. The third kappa shape index (κ3) is 1.55. The smallest absolute Gasteiger partial charge is 0.0777 e. The van der Waals surface area contributed by atoms with Crippen LogP contribution >= 0.6 is 11.6 Å². The number of ether oxygens (including phenoxy) is 1. The van der Waals surface area contributed by atoms with Gasteiger partial charge in [-0.25, -0.2) is 0 Å². The molecule has 0 aromatic carbocycles. The quantitative estimate of drug-likeness (QED) is 0.706. The van der Waals surface area contributed by atoms with Crippen molar-refractivity contribution in [1.29, 1.82) is 0 Å². The van der Waals surface area contributed by atoms with E-state index in [0.29, 0.717) is 11.9 Å². The summed E-state index contributed by atoms with van der Waals surface area (Å²) in [7, 11) is 0. The Labute approximate surface area is 89.0 Å². The minimum absolute atomic E-state index is 0.408. The Morgan fingerprint density at radius 3 is 2.86 bits per heavy atom. The van der Waals surface area contributed by atoms with Gasteiger partial charge in [-0.2, -0.15) is 5.10 Å². The summed E-state index contributed by atoms with van der Waals surface area (Å²) in [6.45, 7) is 5.72. The molecule has 1 aromatic heterocycles. The molecular weight excluding hydrogens is 200 g/mol. The van der Waals surface area contributed by atoms with Gasteiger partial charge in [0, 0.05) is 17.9 Å². The van der Waals surface area contributed by atoms with Gasteiger partial charge in [0.05, 0.1) is 24.2 Å². The molecule has 0 spiro atoms. The first kappa shape index (κ1) is 9.99. The molecule has 0 aliphatic carbocycles. The number of aromatic nitrogens is 2. The van der Waals surface area contributed by atoms with Gasteiger partial charge in [0.15, 0.2) is 0 Å². The Kier molecular flexibility index (Phi) is 2.79. The zero-order valence-electron chi connectivity index (χ0n) is 8.59. The normalized spacial score (nSPS) is 21.8. The van der Waals surface area contributed by atoms with Crippen LogP contribution in [0.4, 0.5) is 0 Å². The second-order valence-electron chi connectivity index (χ2n) is 3.74. The standard InChI is InChI=1S/C10H15ClN2O/c1-7-10(5-11)8(2)13(12-7)9-3-4-14-6-9/h9H,3-6H2,1-2H3. The average Bonchev–Trinajstić information content (AvgIpc) is 2.74. The molecule has 4 heteroatoms. The highest BCUT2D eigenvalue weighted by Crippen LogP contribution is 2.24. The molecule has 3 nitrogen and oxygen atoms in total. The summed E-state index contributed by atoms with van der Waals surface area (Å²) >= 11 is 5.87. The van der Waals surface area contributed by atoms with Crippen LogP contribution in [0.15, 0.2) is 0 Å². The summed E-state index contributed by atoms with van der Waals surface area (Å²) in [6, 6.07) is 0.408. The first-order valence-electron chi connectivity index (χ1n) is 4.92. The molecule has 2 rings (SSSR count). The SMILES string of the molecule is Cc1nn(C2CCOC2)c(C)c1CCl. The number of nitrogens with zero attached hydrogens (tertiary/aromatic N) is 2. The summed E-state index contributed by atoms with van der Waals surface area (Å²) < 4.78 is 7.42. The van der Waals surface area contributed by atoms with E-state index >= 15 is 0 Å². The largest absolute Gasteiger partial charge is 0.379 e. The van der Waals surface area contributed by atoms with Crippen LogP contribution in [0.5, 0.6) is 0 Å². The third-order valence-electron chi connectivity index (χ3n) is 2.86. The number of hydrogen-bond donors (Lipinski definition) is 0. The van der Waals surface area contributed by atoms with E-state index in [1.54, 1.807) is 0 Å². The molecule has 1 aliphatic heterocycles. The van der Waals surface area contributed by atoms with Gasteiger partial charge in [-0.05, 0) is 20.3 Å². The molecule has 1 aromatic rings. The minimum Gasteiger partial charge on any atom is -0.379 e. The van der Waals surface area contributed by atoms with Crippen molar-refractivity contribution in [2.75, 3.05) is 13.2 Å². The monoisotopic (exact) mass is 214 g/mol. The van der Waals surface area contributed by atoms with E-state index in [9.17, 15) is 0 Å². The van der Waals surface area contributed by atoms with Crippen molar-refractivity contribution >= 4 is 11.6 Å². The summed E-state index contributed by atoms with van der Waals surface area (Å²) in [6.07, 6.45) is 1.06. The van der Waals surface area contributed by atoms with E-state index in [2.05, 4.69) is 16.7 Å². The molecule has 1 aliphatic rings. The number of halogens is 1. The van der Waals surface area contributed by atoms with E-state index in [0.717, 1.165) is 25.3 Å². The number of hydrogen-bond acceptors (Lipinski definition) is 2. The Bertz CT molecular complexity index is 329. The molecule has 1 saturated heterocycles. The van der Waals surface area contributed by atoms with Crippen molar-refractivity contribution in [3.8, 4) is 0 Å². The second kappa shape index (κ2) is 3.91. The van der Waals surface area contributed by atoms with E-state index in [4.69, 9.17) is 16.3 Å². The summed E-state index contributed by atoms with van der Waals surface area (Å²) in [5.74, 6) is 0.547. The molecule has 14 heavy (non-hydrogen) atoms. The summed E-state index contributed by atoms with van der Waals surface area (Å²) in [4.78, 5) is 0. The number of aryl methyl sites for hydroxylation is 1. The van der Waals surface area contributed by atoms with Gasteiger partial charge in [0.1, 0.15) is 0 Å². The molecule has 0 saturated carbocycles. The zero-order valence-corrected chi connectivity index (χ0v) is 9.34. The predicted octanol–water partition coefficient (Wildman–Crippen LogP) is 2.20. The topological polar surface area (TPSA) is 27.1 Å². The second-order valence-corrected chi connectivity index (χ2v) is 4.01. The van der Waals surface area contributed by atoms with Gasteiger partial charge >= 0.3 is 0 Å². The minimum atomic E-state index is 0.408. The predicted molar refractivity (Wildman–Crippen MR) is 55.7 cm³/mol. The van der Waals surface area contributed by atoms with Crippen LogP contribution in [0.25, 0.3) is 0 Å². The van der Waals surface area contributed by atoms with Gasteiger partial charge in [0.2, 0.25) is 0 Å². The fraction of sp³-hybridized carbons (Fsp3) is 0.700. The van der Waals surface area contributed by atoms with Crippen LogP contribution < -0.4 is 0 Å². The van der Waals surface area contributed by atoms with Gasteiger partial charge in [0.25, 0.3) is 0 Å². The van der Waals surface area contributed by atoms with Crippen LogP contribution in [0, 0.1) is 13.8 Å². The lowest BCUT2D eigenvalue weighted by Crippen LogP contribution is -2.12. The van der Waals surface area contributed by atoms with Crippen molar-refractivity contribution in [3.63, 3.8) is 0 Å². The Morgan fingerprint density at radius 1 is 1.57 bits per heavy atom. The van der Waals surface area contributed by atoms with Crippen molar-refractivity contribution in [1.82, 2.24) is 9.78 Å². The molecule has 1 unspecified atom stereocenters. The van der Waals surface area contributed by atoms with Crippen molar-refractivity contribution in [2.45, 2.75) is 32.2 Å². The van der Waals surface area contributed by atoms with Crippen LogP contribution in [0.1, 0.15) is 29.4 Å². The average molecular weight is 215 g/mol. The molecule has 0 radical (unpaired) electrons. The number of alkyl halides is 1. The highest BCUT2D eigenvalue weighted by molar-refractivity contribution is 6.17. The zero-order chi connectivity index (χ0) is 10.1. The molecular formula is C10H15ClN2O. The maximum absolute atomic E-state index is 5.87. The molecule has 78 valence electrons. The van der Waals surface area contributed by atoms with Crippen molar-refractivity contribution in [2.24, 2.45) is 0 Å². The Balaban J connectivity index is 2.33. The van der Waals surface area contributed by atoms with E-state index < -0.39 is 0 Å². The van der Waals surface area contributed by atoms with E-state index in [-0.39, 0.29) is 0 Å². The molecule has 0 amide bonds. The number of rotatable bonds is 2. The highest BCUT2D eigenvalue weighted by Gasteiger charge is 2.22. The maximum Gasteiger partial charge on any atom is 0.0777 e. The van der Waals surface area contributed by atoms with Gasteiger partial charge in [-0.15, -0.1) is 11.6 Å². The van der Waals surface area contributed by atoms with E-state index in [1.807, 2.05) is 6.92 Å². The first-order chi connectivity index (χ1) is 6.74. The van der Waals surface area contributed by atoms with Crippen molar-refractivity contribution < 1.29 is 4.74 Å². The van der Waals surface area contributed by atoms with Crippen molar-refractivity contribution in [3.05, 3.63) is 17.0 Å². The van der Waals surface area contributed by atoms with Crippen LogP contribution in [0.3, 0.4) is 0 Å². The van der Waals surface area contributed by atoms with E-state index in [1.165, 1.54) is 11.3 Å². The fourth-order valence-corrected chi connectivity index (χ4v) is 2.35. The maximum atomic E-state index is 5.87. The van der Waals surface area contributed by atoms with Gasteiger partial charge in [-0.1, -0.05) is 0 Å². The van der Waals surface area contributed by atoms with Crippen LogP contribution in [-0.4, -0.2) is 23.0 Å². The molecule has 1 fully saturated rings. The van der Waals surface area contributed by atoms with Crippen LogP contribution in [0.2, 0.25) is 0 Å². The van der Waals surface area contributed by atoms with Gasteiger partial charge < -0.3 is 4.74 Å². The Hall–Kier alpha value is -0.540. The summed E-state index contributed by atoms with van der Waals surface area (Å²) in [5, 5.41) is 4.52. The lowest BCUT2D eigenvalue weighted by molar-refractivity contribution is 0.184.